The molecule has 0 N–H and O–H groups in total. The van der Waals surface area contributed by atoms with Crippen molar-refractivity contribution >= 4 is 0 Å². The van der Waals surface area contributed by atoms with Crippen molar-refractivity contribution in [1.82, 2.24) is 0 Å². The Morgan fingerprint density at radius 3 is 2.25 bits per heavy atom. The molecule has 0 aliphatic heterocycles. The summed E-state index contributed by atoms with van der Waals surface area (Å²) in [4.78, 5) is 0. The van der Waals surface area contributed by atoms with Crippen molar-refractivity contribution < 1.29 is 23.6 Å². The Hall–Kier alpha value is 0.648. The van der Waals surface area contributed by atoms with Gasteiger partial charge in [-0.05, 0) is 0 Å². The van der Waals surface area contributed by atoms with E-state index in [-0.39, 0.29) is 0 Å². The molecule has 0 heterocycles. The normalized spacial score (nSPS) is 7.25. The van der Waals surface area contributed by atoms with Gasteiger partial charge in [0.15, 0.2) is 0 Å². The molecule has 4 heavy (non-hydrogen) atoms. The van der Waals surface area contributed by atoms with Gasteiger partial charge in [0.05, 0.1) is 0 Å². The Labute approximate surface area is 37.7 Å². The third-order valence-corrected chi connectivity index (χ3v) is 0.697. The molecular weight excluding hydrogens is 136 g/mol. The van der Waals surface area contributed by atoms with E-state index in [4.69, 9.17) is 0 Å². The van der Waals surface area contributed by atoms with Crippen LogP contribution in [-0.4, -0.2) is 6.61 Å². The average molecular weight is 141 g/mol. The molecule has 0 amide bonds. The first kappa shape index (κ1) is 4.65. The van der Waals surface area contributed by atoms with E-state index in [0.717, 1.165) is 6.61 Å². The minimum atomic E-state index is 0.824. The van der Waals surface area contributed by atoms with Crippen molar-refractivity contribution in [2.75, 3.05) is 6.61 Å². The third-order valence-electron chi connectivity index (χ3n) is 0.118. The van der Waals surface area contributed by atoms with Crippen molar-refractivity contribution in [3.05, 3.63) is 0 Å². The quantitative estimate of drug-likeness (QED) is 0.482. The molecule has 0 aromatic heterocycles. The Morgan fingerprint density at radius 1 is 2.00 bits per heavy atom. The maximum absolute atomic E-state index is 4.55. The van der Waals surface area contributed by atoms with Gasteiger partial charge in [-0.1, -0.05) is 0 Å². The number of rotatable bonds is 1. The van der Waals surface area contributed by atoms with Crippen molar-refractivity contribution in [3.8, 4) is 0 Å². The first-order chi connectivity index (χ1) is 1.91. The molecule has 0 saturated heterocycles. The molecule has 0 saturated carbocycles. The molecule has 0 bridgehead atoms. The molecule has 0 atom stereocenters. The second-order valence-corrected chi connectivity index (χ2v) is 0.986. The maximum atomic E-state index is 4.55. The van der Waals surface area contributed by atoms with Crippen LogP contribution >= 0.6 is 0 Å². The number of hydrogen-bond acceptors (Lipinski definition) is 1. The zero-order valence-corrected chi connectivity index (χ0v) is 4.53. The molecular formula is C2H5MoO. The first-order valence-corrected chi connectivity index (χ1v) is 1.98. The second-order valence-electron chi connectivity index (χ2n) is 0.407. The van der Waals surface area contributed by atoms with E-state index in [1.165, 1.54) is 0 Å². The van der Waals surface area contributed by atoms with Gasteiger partial charge in [0.1, 0.15) is 0 Å². The standard InChI is InChI=1S/C2H5O.Mo/c1-2-3;/h2H2,1H3;/q-1;+1. The van der Waals surface area contributed by atoms with Crippen LogP contribution in [0.25, 0.3) is 0 Å². The van der Waals surface area contributed by atoms with E-state index in [2.05, 4.69) is 3.39 Å². The molecule has 0 fully saturated rings. The second kappa shape index (κ2) is 3.65. The molecule has 25 valence electrons. The van der Waals surface area contributed by atoms with Crippen LogP contribution in [0.15, 0.2) is 0 Å². The fourth-order valence-corrected chi connectivity index (χ4v) is 0. The molecule has 0 aliphatic rings. The Kier molecular flexibility index (Phi) is 4.24. The topological polar surface area (TPSA) is 9.23 Å². The van der Waals surface area contributed by atoms with Crippen LogP contribution in [0.4, 0.5) is 0 Å². The van der Waals surface area contributed by atoms with Crippen molar-refractivity contribution in [2.45, 2.75) is 6.92 Å². The summed E-state index contributed by atoms with van der Waals surface area (Å²) in [6.07, 6.45) is 0. The van der Waals surface area contributed by atoms with Gasteiger partial charge in [-0.3, -0.25) is 0 Å². The minimum absolute atomic E-state index is 0.824. The van der Waals surface area contributed by atoms with Gasteiger partial charge in [0, 0.05) is 0 Å². The Bertz CT molecular complexity index is 8.00. The molecule has 0 rings (SSSR count). The molecule has 2 heteroatoms. The van der Waals surface area contributed by atoms with Crippen LogP contribution in [0.3, 0.4) is 0 Å². The zero-order valence-electron chi connectivity index (χ0n) is 2.52. The zero-order chi connectivity index (χ0) is 3.41. The summed E-state index contributed by atoms with van der Waals surface area (Å²) in [5, 5.41) is 0. The summed E-state index contributed by atoms with van der Waals surface area (Å²) in [6.45, 7) is 2.78. The fraction of sp³-hybridized carbons (Fsp3) is 1.00. The SMILES string of the molecule is CC[O][Mo]. The molecule has 0 radical (unpaired) electrons. The number of hydrogen-bond donors (Lipinski definition) is 0. The predicted molar refractivity (Wildman–Crippen MR) is 11.6 cm³/mol. The van der Waals surface area contributed by atoms with Crippen LogP contribution in [0.1, 0.15) is 6.92 Å². The third kappa shape index (κ3) is 2.65. The van der Waals surface area contributed by atoms with Crippen molar-refractivity contribution in [2.24, 2.45) is 0 Å². The van der Waals surface area contributed by atoms with Gasteiger partial charge >= 0.3 is 37.1 Å². The summed E-state index contributed by atoms with van der Waals surface area (Å²) in [6, 6.07) is 0. The van der Waals surface area contributed by atoms with Gasteiger partial charge in [-0.15, -0.1) is 0 Å². The van der Waals surface area contributed by atoms with Crippen molar-refractivity contribution in [3.63, 3.8) is 0 Å². The van der Waals surface area contributed by atoms with Gasteiger partial charge in [0.25, 0.3) is 0 Å². The van der Waals surface area contributed by atoms with Crippen LogP contribution in [0.5, 0.6) is 0 Å². The van der Waals surface area contributed by atoms with E-state index in [9.17, 15) is 0 Å². The Balaban J connectivity index is 1.97. The molecule has 0 spiro atoms. The van der Waals surface area contributed by atoms with Gasteiger partial charge in [-0.2, -0.15) is 0 Å². The first-order valence-electron chi connectivity index (χ1n) is 1.16. The van der Waals surface area contributed by atoms with E-state index in [1.807, 2.05) is 6.92 Å². The molecule has 1 nitrogen and oxygen atoms in total. The van der Waals surface area contributed by atoms with E-state index >= 15 is 0 Å². The molecule has 0 aromatic rings. The van der Waals surface area contributed by atoms with Crippen LogP contribution in [-0.2, 0) is 23.6 Å². The summed E-state index contributed by atoms with van der Waals surface area (Å²) in [5.41, 5.74) is 0. The van der Waals surface area contributed by atoms with E-state index in [1.54, 1.807) is 20.2 Å². The van der Waals surface area contributed by atoms with E-state index < -0.39 is 0 Å². The monoisotopic (exact) mass is 143 g/mol. The van der Waals surface area contributed by atoms with E-state index in [0.29, 0.717) is 0 Å². The van der Waals surface area contributed by atoms with Crippen LogP contribution < -0.4 is 0 Å². The van der Waals surface area contributed by atoms with Crippen LogP contribution in [0, 0.1) is 0 Å². The molecule has 0 unspecified atom stereocenters. The fourth-order valence-electron chi connectivity index (χ4n) is 0. The predicted octanol–water partition coefficient (Wildman–Crippen LogP) is 0.485. The summed E-state index contributed by atoms with van der Waals surface area (Å²) < 4.78 is 4.55. The summed E-state index contributed by atoms with van der Waals surface area (Å²) in [7, 11) is 0. The van der Waals surface area contributed by atoms with Crippen molar-refractivity contribution in [1.29, 1.82) is 0 Å². The van der Waals surface area contributed by atoms with Gasteiger partial charge in [0.2, 0.25) is 0 Å². The van der Waals surface area contributed by atoms with Gasteiger partial charge in [-0.25, -0.2) is 0 Å². The molecule has 0 aliphatic carbocycles. The summed E-state index contributed by atoms with van der Waals surface area (Å²) in [5.74, 6) is 0. The van der Waals surface area contributed by atoms with Crippen LogP contribution in [0.2, 0.25) is 0 Å². The molecule has 0 aromatic carbocycles. The Morgan fingerprint density at radius 2 is 2.25 bits per heavy atom. The average Bonchev–Trinajstić information content (AvgIpc) is 1.37. The van der Waals surface area contributed by atoms with Gasteiger partial charge < -0.3 is 0 Å². The summed E-state index contributed by atoms with van der Waals surface area (Å²) >= 11 is 1.62.